The molecule has 1 fully saturated rings. The van der Waals surface area contributed by atoms with Crippen LogP contribution in [0.1, 0.15) is 29.4 Å². The fourth-order valence-corrected chi connectivity index (χ4v) is 5.64. The van der Waals surface area contributed by atoms with Crippen molar-refractivity contribution in [3.63, 3.8) is 0 Å². The Morgan fingerprint density at radius 1 is 1.36 bits per heavy atom. The van der Waals surface area contributed by atoms with E-state index in [9.17, 15) is 17.6 Å². The van der Waals surface area contributed by atoms with Crippen LogP contribution in [-0.2, 0) is 16.4 Å². The van der Waals surface area contributed by atoms with Crippen molar-refractivity contribution in [2.75, 3.05) is 17.3 Å². The molecule has 0 aliphatic carbocycles. The summed E-state index contributed by atoms with van der Waals surface area (Å²) < 4.78 is 37.6. The van der Waals surface area contributed by atoms with Gasteiger partial charge in [-0.3, -0.25) is 4.79 Å². The first-order valence-corrected chi connectivity index (χ1v) is 12.3. The van der Waals surface area contributed by atoms with Crippen LogP contribution in [0.4, 0.5) is 4.39 Å². The van der Waals surface area contributed by atoms with E-state index in [1.165, 1.54) is 35.0 Å². The van der Waals surface area contributed by atoms with Gasteiger partial charge < -0.3 is 4.90 Å². The minimum atomic E-state index is -3.18. The molecule has 1 saturated heterocycles. The first-order valence-electron chi connectivity index (χ1n) is 8.70. The number of aromatic nitrogens is 2. The first-order chi connectivity index (χ1) is 13.3. The Labute approximate surface area is 176 Å². The summed E-state index contributed by atoms with van der Waals surface area (Å²) in [6.07, 6.45) is 1.90. The Balaban J connectivity index is 1.94. The lowest BCUT2D eigenvalue weighted by molar-refractivity contribution is 0.0672. The highest BCUT2D eigenvalue weighted by Gasteiger charge is 2.36. The van der Waals surface area contributed by atoms with Crippen LogP contribution in [0.25, 0.3) is 0 Å². The number of halogens is 2. The van der Waals surface area contributed by atoms with Crippen molar-refractivity contribution < 1.29 is 17.6 Å². The summed E-state index contributed by atoms with van der Waals surface area (Å²) >= 11 is 4.74. The minimum Gasteiger partial charge on any atom is -0.329 e. The Hall–Kier alpha value is -1.52. The highest BCUT2D eigenvalue weighted by Crippen LogP contribution is 2.25. The molecule has 1 atom stereocenters. The number of hydrogen-bond acceptors (Lipinski definition) is 6. The van der Waals surface area contributed by atoms with E-state index < -0.39 is 15.9 Å². The van der Waals surface area contributed by atoms with Gasteiger partial charge in [-0.05, 0) is 45.8 Å². The quantitative estimate of drug-likeness (QED) is 0.459. The molecule has 1 aromatic carbocycles. The van der Waals surface area contributed by atoms with Gasteiger partial charge in [0.1, 0.15) is 11.5 Å². The molecule has 0 unspecified atom stereocenters. The molecule has 0 radical (unpaired) electrons. The first kappa shape index (κ1) is 21.2. The van der Waals surface area contributed by atoms with E-state index in [4.69, 9.17) is 0 Å². The summed E-state index contributed by atoms with van der Waals surface area (Å²) in [4.78, 5) is 23.4. The highest BCUT2D eigenvalue weighted by atomic mass is 79.9. The topological polar surface area (TPSA) is 80.2 Å². The number of nitrogens with zero attached hydrogens (tertiary/aromatic N) is 3. The number of thioether (sulfide) groups is 1. The van der Waals surface area contributed by atoms with Crippen molar-refractivity contribution in [2.45, 2.75) is 31.1 Å². The van der Waals surface area contributed by atoms with Crippen LogP contribution in [0.3, 0.4) is 0 Å². The smallest absolute Gasteiger partial charge is 0.274 e. The van der Waals surface area contributed by atoms with E-state index in [0.717, 1.165) is 5.75 Å². The summed E-state index contributed by atoms with van der Waals surface area (Å²) in [6, 6.07) is 5.37. The molecule has 1 aliphatic heterocycles. The maximum absolute atomic E-state index is 13.3. The van der Waals surface area contributed by atoms with Gasteiger partial charge in [0.05, 0.1) is 16.0 Å². The van der Waals surface area contributed by atoms with E-state index in [1.807, 2.05) is 6.92 Å². The zero-order valence-corrected chi connectivity index (χ0v) is 18.4. The fraction of sp³-hybridized carbons (Fsp3) is 0.389. The Bertz CT molecular complexity index is 971. The third kappa shape index (κ3) is 5.09. The second kappa shape index (κ2) is 8.87. The van der Waals surface area contributed by atoms with Gasteiger partial charge in [0, 0.05) is 18.8 Å². The largest absolute Gasteiger partial charge is 0.329 e. The van der Waals surface area contributed by atoms with Crippen LogP contribution in [0.15, 0.2) is 40.1 Å². The van der Waals surface area contributed by atoms with Crippen molar-refractivity contribution in [3.05, 3.63) is 52.0 Å². The standard InChI is InChI=1S/C18H19BrFN3O3S2/c1-2-27-18-21-9-15(19)16(22-18)17(24)23(14-7-8-28(25,26)11-14)10-12-3-5-13(20)6-4-12/h3-6,9,14H,2,7-8,10-11H2,1H3/t14-/m0/s1. The van der Waals surface area contributed by atoms with Crippen LogP contribution >= 0.6 is 27.7 Å². The van der Waals surface area contributed by atoms with Gasteiger partial charge in [-0.1, -0.05) is 30.8 Å². The molecule has 1 aliphatic rings. The number of carbonyl (C=O) groups excluding carboxylic acids is 1. The average molecular weight is 488 g/mol. The van der Waals surface area contributed by atoms with Gasteiger partial charge in [-0.25, -0.2) is 22.8 Å². The summed E-state index contributed by atoms with van der Waals surface area (Å²) in [5.41, 5.74) is 0.907. The van der Waals surface area contributed by atoms with Gasteiger partial charge in [0.15, 0.2) is 15.0 Å². The normalized spacial score (nSPS) is 18.2. The number of benzene rings is 1. The third-order valence-electron chi connectivity index (χ3n) is 4.37. The zero-order valence-electron chi connectivity index (χ0n) is 15.1. The molecule has 10 heteroatoms. The molecule has 2 aromatic rings. The van der Waals surface area contributed by atoms with Crippen LogP contribution in [0, 0.1) is 5.82 Å². The molecule has 2 heterocycles. The van der Waals surface area contributed by atoms with E-state index >= 15 is 0 Å². The Morgan fingerprint density at radius 3 is 2.68 bits per heavy atom. The second-order valence-corrected chi connectivity index (χ2v) is 10.7. The molecule has 3 rings (SSSR count). The molecule has 0 N–H and O–H groups in total. The lowest BCUT2D eigenvalue weighted by Crippen LogP contribution is -2.41. The molecule has 150 valence electrons. The Morgan fingerprint density at radius 2 is 2.07 bits per heavy atom. The maximum atomic E-state index is 13.3. The third-order valence-corrected chi connectivity index (χ3v) is 7.45. The number of sulfone groups is 1. The lowest BCUT2D eigenvalue weighted by Gasteiger charge is -2.28. The molecular formula is C18H19BrFN3O3S2. The van der Waals surface area contributed by atoms with Crippen molar-refractivity contribution in [1.82, 2.24) is 14.9 Å². The predicted octanol–water partition coefficient (Wildman–Crippen LogP) is 3.32. The molecule has 6 nitrogen and oxygen atoms in total. The van der Waals surface area contributed by atoms with Gasteiger partial charge in [-0.2, -0.15) is 0 Å². The van der Waals surface area contributed by atoms with Gasteiger partial charge in [0.25, 0.3) is 5.91 Å². The van der Waals surface area contributed by atoms with Crippen molar-refractivity contribution in [1.29, 1.82) is 0 Å². The van der Waals surface area contributed by atoms with Crippen molar-refractivity contribution in [3.8, 4) is 0 Å². The maximum Gasteiger partial charge on any atom is 0.274 e. The molecule has 1 aromatic heterocycles. The molecule has 0 spiro atoms. The number of carbonyl (C=O) groups is 1. The van der Waals surface area contributed by atoms with E-state index in [2.05, 4.69) is 25.9 Å². The van der Waals surface area contributed by atoms with Crippen LogP contribution in [0.2, 0.25) is 0 Å². The molecular weight excluding hydrogens is 469 g/mol. The average Bonchev–Trinajstić information content (AvgIpc) is 3.02. The molecule has 1 amide bonds. The monoisotopic (exact) mass is 487 g/mol. The summed E-state index contributed by atoms with van der Waals surface area (Å²) in [5, 5.41) is 0.481. The molecule has 0 saturated carbocycles. The second-order valence-electron chi connectivity index (χ2n) is 6.40. The van der Waals surface area contributed by atoms with Crippen LogP contribution in [0.5, 0.6) is 0 Å². The van der Waals surface area contributed by atoms with Crippen molar-refractivity contribution >= 4 is 43.4 Å². The van der Waals surface area contributed by atoms with E-state index in [-0.39, 0.29) is 35.5 Å². The van der Waals surface area contributed by atoms with E-state index in [1.54, 1.807) is 12.1 Å². The molecule has 0 bridgehead atoms. The molecule has 28 heavy (non-hydrogen) atoms. The van der Waals surface area contributed by atoms with Gasteiger partial charge >= 0.3 is 0 Å². The number of amides is 1. The van der Waals surface area contributed by atoms with Gasteiger partial charge in [0.2, 0.25) is 0 Å². The van der Waals surface area contributed by atoms with Crippen LogP contribution < -0.4 is 0 Å². The fourth-order valence-electron chi connectivity index (χ4n) is 3.01. The van der Waals surface area contributed by atoms with E-state index in [0.29, 0.717) is 21.6 Å². The van der Waals surface area contributed by atoms with Gasteiger partial charge in [-0.15, -0.1) is 0 Å². The summed E-state index contributed by atoms with van der Waals surface area (Å²) in [5.74, 6) is -0.0232. The zero-order chi connectivity index (χ0) is 20.3. The number of hydrogen-bond donors (Lipinski definition) is 0. The predicted molar refractivity (Wildman–Crippen MR) is 109 cm³/mol. The summed E-state index contributed by atoms with van der Waals surface area (Å²) in [6.45, 7) is 2.13. The highest BCUT2D eigenvalue weighted by molar-refractivity contribution is 9.10. The summed E-state index contributed by atoms with van der Waals surface area (Å²) in [7, 11) is -3.18. The lowest BCUT2D eigenvalue weighted by atomic mass is 10.1. The minimum absolute atomic E-state index is 0.0484. The number of rotatable bonds is 6. The van der Waals surface area contributed by atoms with Crippen LogP contribution in [-0.4, -0.2) is 52.5 Å². The van der Waals surface area contributed by atoms with Crippen molar-refractivity contribution in [2.24, 2.45) is 0 Å². The Kier molecular flexibility index (Phi) is 6.72. The SMILES string of the molecule is CCSc1ncc(Br)c(C(=O)N(Cc2ccc(F)cc2)[C@H]2CCS(=O)(=O)C2)n1.